The Kier molecular flexibility index (Phi) is 4.66. The van der Waals surface area contributed by atoms with E-state index in [0.717, 1.165) is 18.4 Å². The molecular weight excluding hydrogens is 410 g/mol. The Bertz CT molecular complexity index is 1100. The van der Waals surface area contributed by atoms with Crippen LogP contribution in [0.1, 0.15) is 49.5 Å². The first-order valence-electron chi connectivity index (χ1n) is 9.60. The van der Waals surface area contributed by atoms with Gasteiger partial charge in [0.25, 0.3) is 15.9 Å². The molecule has 0 aliphatic carbocycles. The number of benzene rings is 1. The molecule has 1 atom stereocenters. The number of halogens is 1. The number of sulfonamides is 1. The van der Waals surface area contributed by atoms with E-state index in [1.54, 1.807) is 18.2 Å². The maximum atomic E-state index is 13.0. The molecule has 1 amide bonds. The number of nitrogens with zero attached hydrogens (tertiary/aromatic N) is 2. The Hall–Kier alpha value is -2.12. The number of carbonyl (C=O) groups excluding carboxylic acids is 1. The molecule has 2 bridgehead atoms. The molecule has 154 valence electrons. The molecule has 2 aromatic rings. The quantitative estimate of drug-likeness (QED) is 0.639. The van der Waals surface area contributed by atoms with Gasteiger partial charge in [0.15, 0.2) is 0 Å². The van der Waals surface area contributed by atoms with E-state index in [1.165, 1.54) is 6.07 Å². The van der Waals surface area contributed by atoms with Crippen molar-refractivity contribution >= 4 is 33.3 Å². The van der Waals surface area contributed by atoms with Gasteiger partial charge in [0.2, 0.25) is 0 Å². The highest BCUT2D eigenvalue weighted by molar-refractivity contribution is 7.90. The van der Waals surface area contributed by atoms with Gasteiger partial charge in [0.05, 0.1) is 10.5 Å². The zero-order chi connectivity index (χ0) is 21.0. The molecule has 1 aromatic carbocycles. The van der Waals surface area contributed by atoms with Crippen molar-refractivity contribution in [3.63, 3.8) is 0 Å². The summed E-state index contributed by atoms with van der Waals surface area (Å²) in [6.45, 7) is 7.16. The highest BCUT2D eigenvalue weighted by Crippen LogP contribution is 2.47. The number of aromatic nitrogens is 1. The molecule has 29 heavy (non-hydrogen) atoms. The Morgan fingerprint density at radius 2 is 1.86 bits per heavy atom. The van der Waals surface area contributed by atoms with Gasteiger partial charge in [-0.25, -0.2) is 18.1 Å². The van der Waals surface area contributed by atoms with Crippen LogP contribution in [0, 0.1) is 5.41 Å². The number of anilines is 1. The molecule has 2 aliphatic rings. The summed E-state index contributed by atoms with van der Waals surface area (Å²) >= 11 is 6.15. The van der Waals surface area contributed by atoms with Crippen LogP contribution < -0.4 is 9.62 Å². The van der Waals surface area contributed by atoms with Crippen molar-refractivity contribution in [3.8, 4) is 0 Å². The molecule has 1 saturated heterocycles. The fraction of sp³-hybridized carbons (Fsp3) is 0.429. The van der Waals surface area contributed by atoms with E-state index in [1.807, 2.05) is 12.1 Å². The fourth-order valence-corrected chi connectivity index (χ4v) is 6.15. The third kappa shape index (κ3) is 3.62. The molecule has 4 rings (SSSR count). The average molecular weight is 434 g/mol. The number of pyridine rings is 1. The minimum absolute atomic E-state index is 0.0582. The Morgan fingerprint density at radius 3 is 2.62 bits per heavy atom. The predicted molar refractivity (Wildman–Crippen MR) is 113 cm³/mol. The van der Waals surface area contributed by atoms with E-state index in [4.69, 9.17) is 11.6 Å². The summed E-state index contributed by atoms with van der Waals surface area (Å²) in [7, 11) is -4.01. The summed E-state index contributed by atoms with van der Waals surface area (Å²) in [6.07, 6.45) is 2.33. The van der Waals surface area contributed by atoms with Crippen molar-refractivity contribution in [2.45, 2.75) is 50.5 Å². The minimum atomic E-state index is -4.01. The minimum Gasteiger partial charge on any atom is -0.350 e. The Labute approximate surface area is 176 Å². The first kappa shape index (κ1) is 20.2. The number of hydrogen-bond donors (Lipinski definition) is 1. The van der Waals surface area contributed by atoms with Crippen LogP contribution in [0.15, 0.2) is 41.3 Å². The molecule has 2 aliphatic heterocycles. The molecule has 8 heteroatoms. The van der Waals surface area contributed by atoms with Gasteiger partial charge in [-0.05, 0) is 62.3 Å². The molecule has 6 nitrogen and oxygen atoms in total. The summed E-state index contributed by atoms with van der Waals surface area (Å²) in [5, 5.41) is 0.265. The van der Waals surface area contributed by atoms with Crippen LogP contribution >= 0.6 is 11.6 Å². The number of rotatable bonds is 0. The van der Waals surface area contributed by atoms with Gasteiger partial charge < -0.3 is 4.90 Å². The van der Waals surface area contributed by atoms with Crippen LogP contribution in [-0.4, -0.2) is 31.4 Å². The topological polar surface area (TPSA) is 79.4 Å². The van der Waals surface area contributed by atoms with Crippen LogP contribution in [0.4, 0.5) is 5.82 Å². The van der Waals surface area contributed by atoms with Crippen molar-refractivity contribution in [1.82, 2.24) is 9.71 Å². The summed E-state index contributed by atoms with van der Waals surface area (Å²) in [6, 6.07) is 9.92. The molecule has 0 saturated carbocycles. The van der Waals surface area contributed by atoms with Gasteiger partial charge in [-0.1, -0.05) is 36.7 Å². The molecular formula is C21H24ClN3O3S. The number of amides is 1. The maximum absolute atomic E-state index is 13.0. The van der Waals surface area contributed by atoms with Crippen LogP contribution in [0.25, 0.3) is 0 Å². The standard InChI is InChI=1S/C21H24ClN3O3S/c1-20(2)12-21(3)11-10-14-6-4-5-7-16(14)29(27,28)24-19(26)15-8-9-17(22)23-18(15)25(20)13-21/h4-9H,10-13H2,1-3H3,(H,24,26)/t21-/m0/s1. The van der Waals surface area contributed by atoms with Gasteiger partial charge in [-0.2, -0.15) is 0 Å². The maximum Gasteiger partial charge on any atom is 0.268 e. The zero-order valence-electron chi connectivity index (χ0n) is 16.7. The zero-order valence-corrected chi connectivity index (χ0v) is 18.3. The number of carbonyl (C=O) groups is 1. The summed E-state index contributed by atoms with van der Waals surface area (Å²) in [5.41, 5.74) is 0.610. The molecule has 1 fully saturated rings. The second kappa shape index (κ2) is 6.71. The smallest absolute Gasteiger partial charge is 0.268 e. The SMILES string of the molecule is CC1(C)C[C@]2(C)CCc3ccccc3S(=O)(=O)NC(=O)c3ccc(Cl)nc3N1C2. The van der Waals surface area contributed by atoms with E-state index in [0.29, 0.717) is 18.8 Å². The van der Waals surface area contributed by atoms with Crippen molar-refractivity contribution in [1.29, 1.82) is 0 Å². The highest BCUT2D eigenvalue weighted by atomic mass is 35.5. The largest absolute Gasteiger partial charge is 0.350 e. The lowest BCUT2D eigenvalue weighted by molar-refractivity contribution is 0.0981. The van der Waals surface area contributed by atoms with E-state index in [9.17, 15) is 13.2 Å². The van der Waals surface area contributed by atoms with Crippen LogP contribution in [0.3, 0.4) is 0 Å². The van der Waals surface area contributed by atoms with Crippen molar-refractivity contribution < 1.29 is 13.2 Å². The van der Waals surface area contributed by atoms with E-state index >= 15 is 0 Å². The van der Waals surface area contributed by atoms with E-state index in [2.05, 4.69) is 35.4 Å². The first-order valence-corrected chi connectivity index (χ1v) is 11.5. The van der Waals surface area contributed by atoms with Crippen molar-refractivity contribution in [2.24, 2.45) is 5.41 Å². The monoisotopic (exact) mass is 433 g/mol. The summed E-state index contributed by atoms with van der Waals surface area (Å²) < 4.78 is 28.2. The normalized spacial score (nSPS) is 25.2. The number of fused-ring (bicyclic) bond motifs is 5. The first-order chi connectivity index (χ1) is 13.5. The van der Waals surface area contributed by atoms with Crippen LogP contribution in [0.5, 0.6) is 0 Å². The van der Waals surface area contributed by atoms with Gasteiger partial charge in [0.1, 0.15) is 11.0 Å². The lowest BCUT2D eigenvalue weighted by Crippen LogP contribution is -2.41. The van der Waals surface area contributed by atoms with E-state index < -0.39 is 15.9 Å². The average Bonchev–Trinajstić information content (AvgIpc) is 2.88. The lowest BCUT2D eigenvalue weighted by Gasteiger charge is -2.33. The highest BCUT2D eigenvalue weighted by Gasteiger charge is 2.47. The molecule has 0 unspecified atom stereocenters. The summed E-state index contributed by atoms with van der Waals surface area (Å²) in [5.74, 6) is -0.281. The molecule has 3 heterocycles. The molecule has 0 radical (unpaired) electrons. The van der Waals surface area contributed by atoms with Crippen molar-refractivity contribution in [2.75, 3.05) is 11.4 Å². The lowest BCUT2D eigenvalue weighted by atomic mass is 9.79. The predicted octanol–water partition coefficient (Wildman–Crippen LogP) is 3.79. The Morgan fingerprint density at radius 1 is 1.14 bits per heavy atom. The number of aryl methyl sites for hydroxylation is 1. The molecule has 0 spiro atoms. The Balaban J connectivity index is 1.92. The summed E-state index contributed by atoms with van der Waals surface area (Å²) in [4.78, 5) is 19.7. The molecule has 1 aromatic heterocycles. The van der Waals surface area contributed by atoms with Gasteiger partial charge >= 0.3 is 0 Å². The second-order valence-electron chi connectivity index (χ2n) is 8.93. The van der Waals surface area contributed by atoms with Crippen LogP contribution in [0.2, 0.25) is 5.15 Å². The van der Waals surface area contributed by atoms with E-state index in [-0.39, 0.29) is 26.6 Å². The third-order valence-corrected chi connectivity index (χ3v) is 7.60. The van der Waals surface area contributed by atoms with Gasteiger partial charge in [-0.15, -0.1) is 0 Å². The van der Waals surface area contributed by atoms with Crippen molar-refractivity contribution in [3.05, 3.63) is 52.7 Å². The van der Waals surface area contributed by atoms with Gasteiger partial charge in [0, 0.05) is 12.1 Å². The van der Waals surface area contributed by atoms with Gasteiger partial charge in [-0.3, -0.25) is 4.79 Å². The fourth-order valence-electron chi connectivity index (χ4n) is 4.77. The number of hydrogen-bond acceptors (Lipinski definition) is 5. The second-order valence-corrected chi connectivity index (χ2v) is 11.0. The van der Waals surface area contributed by atoms with Crippen LogP contribution in [-0.2, 0) is 16.4 Å². The third-order valence-electron chi connectivity index (χ3n) is 5.96. The number of nitrogens with one attached hydrogen (secondary N) is 1. The molecule has 1 N–H and O–H groups in total.